The fourth-order valence-electron chi connectivity index (χ4n) is 3.31. The van der Waals surface area contributed by atoms with E-state index < -0.39 is 6.04 Å². The number of benzene rings is 1. The molecule has 0 aliphatic carbocycles. The summed E-state index contributed by atoms with van der Waals surface area (Å²) in [5.74, 6) is 0.713. The topological polar surface area (TPSA) is 112 Å². The van der Waals surface area contributed by atoms with Crippen LogP contribution in [0.15, 0.2) is 36.7 Å². The quantitative estimate of drug-likeness (QED) is 0.589. The summed E-state index contributed by atoms with van der Waals surface area (Å²) in [4.78, 5) is 32.7. The number of hydrogen-bond acceptors (Lipinski definition) is 6. The van der Waals surface area contributed by atoms with Crippen LogP contribution in [-0.4, -0.2) is 33.6 Å². The van der Waals surface area contributed by atoms with E-state index in [1.165, 1.54) is 5.56 Å². The maximum absolute atomic E-state index is 12.0. The number of ketones is 2. The van der Waals surface area contributed by atoms with Crippen LogP contribution in [0.2, 0.25) is 0 Å². The van der Waals surface area contributed by atoms with E-state index in [0.717, 1.165) is 24.0 Å². The molecule has 0 aliphatic rings. The lowest BCUT2D eigenvalue weighted by atomic mass is 9.96. The number of rotatable bonds is 11. The fraction of sp³-hybridized carbons (Fsp3) is 0.500. The standard InChI is InChI=1S/C24H34N4O2/c1-15(2)22(29)20(25)7-5-6-17-8-10-19(11-9-17)24-27-13-18(14-28-24)12-21(26)23(30)16(3)4/h8-11,13-16,20-21H,5-7,12,25-26H2,1-4H3. The summed E-state index contributed by atoms with van der Waals surface area (Å²) in [7, 11) is 0. The number of nitrogens with zero attached hydrogens (tertiary/aromatic N) is 2. The van der Waals surface area contributed by atoms with Crippen molar-refractivity contribution in [1.29, 1.82) is 0 Å². The molecule has 30 heavy (non-hydrogen) atoms. The van der Waals surface area contributed by atoms with Crippen LogP contribution in [0.1, 0.15) is 51.7 Å². The molecule has 6 nitrogen and oxygen atoms in total. The Labute approximate surface area is 179 Å². The van der Waals surface area contributed by atoms with Gasteiger partial charge in [0.05, 0.1) is 12.1 Å². The Balaban J connectivity index is 1.90. The largest absolute Gasteiger partial charge is 0.321 e. The zero-order valence-corrected chi connectivity index (χ0v) is 18.5. The SMILES string of the molecule is CC(C)C(=O)C(N)CCCc1ccc(-c2ncc(CC(N)C(=O)C(C)C)cn2)cc1. The Bertz CT molecular complexity index is 829. The van der Waals surface area contributed by atoms with Gasteiger partial charge >= 0.3 is 0 Å². The van der Waals surface area contributed by atoms with Crippen molar-refractivity contribution in [2.24, 2.45) is 23.3 Å². The third kappa shape index (κ3) is 6.82. The lowest BCUT2D eigenvalue weighted by Gasteiger charge is -2.13. The lowest BCUT2D eigenvalue weighted by molar-refractivity contribution is -0.123. The molecule has 0 saturated heterocycles. The monoisotopic (exact) mass is 410 g/mol. The van der Waals surface area contributed by atoms with E-state index >= 15 is 0 Å². The molecule has 1 aromatic heterocycles. The minimum absolute atomic E-state index is 0.0166. The second kappa shape index (κ2) is 11.1. The summed E-state index contributed by atoms with van der Waals surface area (Å²) in [6, 6.07) is 7.21. The van der Waals surface area contributed by atoms with Crippen LogP contribution >= 0.6 is 0 Å². The molecular weight excluding hydrogens is 376 g/mol. The van der Waals surface area contributed by atoms with Crippen molar-refractivity contribution in [2.45, 2.75) is 65.5 Å². The Morgan fingerprint density at radius 3 is 1.90 bits per heavy atom. The second-order valence-electron chi connectivity index (χ2n) is 8.54. The maximum Gasteiger partial charge on any atom is 0.159 e. The van der Waals surface area contributed by atoms with Crippen molar-refractivity contribution in [3.8, 4) is 11.4 Å². The smallest absolute Gasteiger partial charge is 0.159 e. The first-order valence-electron chi connectivity index (χ1n) is 10.7. The lowest BCUT2D eigenvalue weighted by Crippen LogP contribution is -2.35. The number of aryl methyl sites for hydroxylation is 1. The number of hydrogen-bond donors (Lipinski definition) is 2. The van der Waals surface area contributed by atoms with E-state index in [9.17, 15) is 9.59 Å². The van der Waals surface area contributed by atoms with Crippen LogP contribution in [0.3, 0.4) is 0 Å². The summed E-state index contributed by atoms with van der Waals surface area (Å²) >= 11 is 0. The van der Waals surface area contributed by atoms with E-state index in [4.69, 9.17) is 11.5 Å². The molecule has 1 heterocycles. The van der Waals surface area contributed by atoms with Crippen LogP contribution in [0.5, 0.6) is 0 Å². The van der Waals surface area contributed by atoms with Crippen LogP contribution in [0.25, 0.3) is 11.4 Å². The molecule has 2 rings (SSSR count). The number of carbonyl (C=O) groups is 2. The Morgan fingerprint density at radius 1 is 0.833 bits per heavy atom. The van der Waals surface area contributed by atoms with Gasteiger partial charge in [-0.15, -0.1) is 0 Å². The molecule has 6 heteroatoms. The van der Waals surface area contributed by atoms with Gasteiger partial charge in [0.1, 0.15) is 0 Å². The molecule has 2 unspecified atom stereocenters. The van der Waals surface area contributed by atoms with Crippen molar-refractivity contribution >= 4 is 11.6 Å². The van der Waals surface area contributed by atoms with Gasteiger partial charge in [0, 0.05) is 29.8 Å². The molecule has 1 aromatic carbocycles. The van der Waals surface area contributed by atoms with Gasteiger partial charge < -0.3 is 11.5 Å². The minimum atomic E-state index is -0.525. The molecule has 2 atom stereocenters. The van der Waals surface area contributed by atoms with E-state index in [-0.39, 0.29) is 29.4 Å². The summed E-state index contributed by atoms with van der Waals surface area (Å²) in [6.45, 7) is 7.47. The van der Waals surface area contributed by atoms with Gasteiger partial charge in [0.25, 0.3) is 0 Å². The predicted molar refractivity (Wildman–Crippen MR) is 120 cm³/mol. The van der Waals surface area contributed by atoms with Gasteiger partial charge in [-0.1, -0.05) is 52.0 Å². The van der Waals surface area contributed by atoms with Gasteiger partial charge in [0.2, 0.25) is 0 Å². The first kappa shape index (κ1) is 23.8. The molecular formula is C24H34N4O2. The summed E-state index contributed by atoms with van der Waals surface area (Å²) in [5, 5.41) is 0. The van der Waals surface area contributed by atoms with Gasteiger partial charge in [-0.25, -0.2) is 9.97 Å². The van der Waals surface area contributed by atoms with Crippen LogP contribution in [0, 0.1) is 11.8 Å². The van der Waals surface area contributed by atoms with E-state index in [1.807, 2.05) is 39.8 Å². The highest BCUT2D eigenvalue weighted by Gasteiger charge is 2.18. The predicted octanol–water partition coefficient (Wildman–Crippen LogP) is 3.11. The summed E-state index contributed by atoms with van der Waals surface area (Å²) in [6.07, 6.45) is 6.36. The van der Waals surface area contributed by atoms with Gasteiger partial charge in [-0.2, -0.15) is 0 Å². The van der Waals surface area contributed by atoms with Crippen LogP contribution in [0.4, 0.5) is 0 Å². The number of nitrogens with two attached hydrogens (primary N) is 2. The Kier molecular flexibility index (Phi) is 8.81. The highest BCUT2D eigenvalue weighted by molar-refractivity contribution is 5.86. The van der Waals surface area contributed by atoms with E-state index in [1.54, 1.807) is 12.4 Å². The molecule has 0 aliphatic heterocycles. The Hall–Kier alpha value is -2.44. The van der Waals surface area contributed by atoms with Crippen molar-refractivity contribution in [3.63, 3.8) is 0 Å². The second-order valence-corrected chi connectivity index (χ2v) is 8.54. The first-order chi connectivity index (χ1) is 14.2. The third-order valence-corrected chi connectivity index (χ3v) is 5.22. The highest BCUT2D eigenvalue weighted by atomic mass is 16.1. The molecule has 0 bridgehead atoms. The zero-order chi connectivity index (χ0) is 22.3. The molecule has 0 fully saturated rings. The van der Waals surface area contributed by atoms with Gasteiger partial charge in [0.15, 0.2) is 17.4 Å². The summed E-state index contributed by atoms with van der Waals surface area (Å²) < 4.78 is 0. The van der Waals surface area contributed by atoms with E-state index in [0.29, 0.717) is 18.7 Å². The number of carbonyl (C=O) groups excluding carboxylic acids is 2. The third-order valence-electron chi connectivity index (χ3n) is 5.22. The zero-order valence-electron chi connectivity index (χ0n) is 18.5. The van der Waals surface area contributed by atoms with Crippen LogP contribution in [-0.2, 0) is 22.4 Å². The Morgan fingerprint density at radius 2 is 1.37 bits per heavy atom. The minimum Gasteiger partial charge on any atom is -0.321 e. The number of Topliss-reactive ketones (excluding diaryl/α,β-unsaturated/α-hetero) is 2. The maximum atomic E-state index is 12.0. The van der Waals surface area contributed by atoms with Gasteiger partial charge in [-0.3, -0.25) is 9.59 Å². The first-order valence-corrected chi connectivity index (χ1v) is 10.7. The molecule has 2 aromatic rings. The van der Waals surface area contributed by atoms with E-state index in [2.05, 4.69) is 22.1 Å². The van der Waals surface area contributed by atoms with Crippen molar-refractivity contribution < 1.29 is 9.59 Å². The van der Waals surface area contributed by atoms with Crippen molar-refractivity contribution in [2.75, 3.05) is 0 Å². The van der Waals surface area contributed by atoms with Crippen LogP contribution < -0.4 is 11.5 Å². The normalized spacial score (nSPS) is 13.5. The van der Waals surface area contributed by atoms with Crippen molar-refractivity contribution in [3.05, 3.63) is 47.8 Å². The molecule has 0 spiro atoms. The molecule has 4 N–H and O–H groups in total. The molecule has 0 saturated carbocycles. The summed E-state index contributed by atoms with van der Waals surface area (Å²) in [5.41, 5.74) is 14.9. The fourth-order valence-corrected chi connectivity index (χ4v) is 3.31. The highest BCUT2D eigenvalue weighted by Crippen LogP contribution is 2.17. The van der Waals surface area contributed by atoms with Gasteiger partial charge in [-0.05, 0) is 36.8 Å². The average molecular weight is 411 g/mol. The molecule has 162 valence electrons. The molecule has 0 amide bonds. The van der Waals surface area contributed by atoms with Crippen molar-refractivity contribution in [1.82, 2.24) is 9.97 Å². The molecule has 0 radical (unpaired) electrons. The number of aromatic nitrogens is 2. The average Bonchev–Trinajstić information content (AvgIpc) is 2.73.